The molecule has 0 radical (unpaired) electrons. The van der Waals surface area contributed by atoms with Gasteiger partial charge in [0.2, 0.25) is 0 Å². The van der Waals surface area contributed by atoms with Gasteiger partial charge in [-0.1, -0.05) is 11.6 Å². The number of nitrogens with zero attached hydrogens (tertiary/aromatic N) is 3. The molecule has 2 aromatic heterocycles. The van der Waals surface area contributed by atoms with E-state index in [0.717, 1.165) is 41.5 Å². The maximum absolute atomic E-state index is 12.9. The fourth-order valence-electron chi connectivity index (χ4n) is 3.72. The van der Waals surface area contributed by atoms with Gasteiger partial charge in [-0.3, -0.25) is 4.79 Å². The zero-order valence-electron chi connectivity index (χ0n) is 17.2. The first-order chi connectivity index (χ1) is 14.5. The number of morpholine rings is 1. The van der Waals surface area contributed by atoms with Crippen LogP contribution in [0.3, 0.4) is 0 Å². The van der Waals surface area contributed by atoms with Gasteiger partial charge < -0.3 is 19.5 Å². The van der Waals surface area contributed by atoms with Crippen LogP contribution in [0.25, 0.3) is 5.69 Å². The van der Waals surface area contributed by atoms with Gasteiger partial charge in [-0.25, -0.2) is 4.98 Å². The van der Waals surface area contributed by atoms with E-state index in [1.807, 2.05) is 38.1 Å². The highest BCUT2D eigenvalue weighted by molar-refractivity contribution is 6.33. The molecule has 1 aromatic carbocycles. The second-order valence-corrected chi connectivity index (χ2v) is 7.83. The fourth-order valence-corrected chi connectivity index (χ4v) is 3.92. The van der Waals surface area contributed by atoms with E-state index in [2.05, 4.69) is 31.9 Å². The van der Waals surface area contributed by atoms with Crippen LogP contribution in [0.1, 0.15) is 27.3 Å². The highest BCUT2D eigenvalue weighted by Gasteiger charge is 2.15. The molecule has 156 valence electrons. The number of anilines is 1. The lowest BCUT2D eigenvalue weighted by Gasteiger charge is -2.28. The van der Waals surface area contributed by atoms with Gasteiger partial charge in [-0.2, -0.15) is 0 Å². The quantitative estimate of drug-likeness (QED) is 0.674. The summed E-state index contributed by atoms with van der Waals surface area (Å²) >= 11 is 6.34. The third-order valence-electron chi connectivity index (χ3n) is 5.32. The normalized spacial score (nSPS) is 14.0. The van der Waals surface area contributed by atoms with Crippen molar-refractivity contribution in [1.82, 2.24) is 14.9 Å². The van der Waals surface area contributed by atoms with Crippen LogP contribution in [0.4, 0.5) is 5.82 Å². The van der Waals surface area contributed by atoms with Gasteiger partial charge in [-0.05, 0) is 61.9 Å². The van der Waals surface area contributed by atoms with Crippen LogP contribution < -0.4 is 10.2 Å². The molecule has 7 heteroatoms. The predicted molar refractivity (Wildman–Crippen MR) is 119 cm³/mol. The van der Waals surface area contributed by atoms with Crippen molar-refractivity contribution in [3.8, 4) is 5.69 Å². The molecule has 1 aliphatic heterocycles. The first kappa shape index (κ1) is 20.4. The maximum atomic E-state index is 12.9. The Kier molecular flexibility index (Phi) is 6.06. The summed E-state index contributed by atoms with van der Waals surface area (Å²) in [7, 11) is 0. The van der Waals surface area contributed by atoms with E-state index in [4.69, 9.17) is 16.3 Å². The van der Waals surface area contributed by atoms with Crippen molar-refractivity contribution in [2.45, 2.75) is 20.4 Å². The number of carbonyl (C=O) groups excluding carboxylic acids is 1. The number of hydrogen-bond acceptors (Lipinski definition) is 4. The molecule has 4 rings (SSSR count). The largest absolute Gasteiger partial charge is 0.378 e. The lowest BCUT2D eigenvalue weighted by molar-refractivity contribution is 0.0951. The predicted octanol–water partition coefficient (Wildman–Crippen LogP) is 3.91. The summed E-state index contributed by atoms with van der Waals surface area (Å²) in [6, 6.07) is 13.6. The molecule has 1 N–H and O–H groups in total. The van der Waals surface area contributed by atoms with Crippen molar-refractivity contribution in [3.63, 3.8) is 0 Å². The lowest BCUT2D eigenvalue weighted by Crippen LogP contribution is -2.36. The van der Waals surface area contributed by atoms with E-state index in [9.17, 15) is 4.79 Å². The van der Waals surface area contributed by atoms with Crippen molar-refractivity contribution in [2.75, 3.05) is 31.2 Å². The summed E-state index contributed by atoms with van der Waals surface area (Å²) in [6.07, 6.45) is 1.78. The lowest BCUT2D eigenvalue weighted by atomic mass is 10.1. The molecule has 6 nitrogen and oxygen atoms in total. The van der Waals surface area contributed by atoms with E-state index in [-0.39, 0.29) is 5.91 Å². The summed E-state index contributed by atoms with van der Waals surface area (Å²) in [5, 5.41) is 3.42. The number of carbonyl (C=O) groups is 1. The SMILES string of the molecule is Cc1ccc(C)n1-c1ccc(Cl)c(C(=O)NCc2ccnc(N3CCOCC3)c2)c1. The first-order valence-electron chi connectivity index (χ1n) is 10.0. The number of nitrogens with one attached hydrogen (secondary N) is 1. The van der Waals surface area contributed by atoms with Crippen molar-refractivity contribution < 1.29 is 9.53 Å². The zero-order valence-corrected chi connectivity index (χ0v) is 17.9. The Balaban J connectivity index is 1.49. The molecule has 1 saturated heterocycles. The number of aromatic nitrogens is 2. The van der Waals surface area contributed by atoms with E-state index in [1.54, 1.807) is 12.3 Å². The molecule has 30 heavy (non-hydrogen) atoms. The summed E-state index contributed by atoms with van der Waals surface area (Å²) in [5.41, 5.74) is 4.58. The number of benzene rings is 1. The van der Waals surface area contributed by atoms with Gasteiger partial charge in [0.25, 0.3) is 5.91 Å². The standard InChI is InChI=1S/C23H25ClN4O2/c1-16-3-4-17(2)28(16)19-5-6-21(24)20(14-19)23(29)26-15-18-7-8-25-22(13-18)27-9-11-30-12-10-27/h3-8,13-14H,9-12,15H2,1-2H3,(H,26,29). The topological polar surface area (TPSA) is 59.4 Å². The van der Waals surface area contributed by atoms with Gasteiger partial charge in [0.15, 0.2) is 0 Å². The van der Waals surface area contributed by atoms with Crippen LogP contribution in [-0.4, -0.2) is 41.8 Å². The number of amides is 1. The highest BCUT2D eigenvalue weighted by atomic mass is 35.5. The third-order valence-corrected chi connectivity index (χ3v) is 5.65. The Morgan fingerprint density at radius 1 is 1.10 bits per heavy atom. The number of hydrogen-bond donors (Lipinski definition) is 1. The number of halogens is 1. The van der Waals surface area contributed by atoms with Crippen molar-refractivity contribution in [1.29, 1.82) is 0 Å². The molecule has 3 aromatic rings. The van der Waals surface area contributed by atoms with Crippen LogP contribution >= 0.6 is 11.6 Å². The van der Waals surface area contributed by atoms with E-state index >= 15 is 0 Å². The number of ether oxygens (including phenoxy) is 1. The summed E-state index contributed by atoms with van der Waals surface area (Å²) in [4.78, 5) is 19.5. The van der Waals surface area contributed by atoms with Crippen molar-refractivity contribution in [3.05, 3.63) is 76.2 Å². The second-order valence-electron chi connectivity index (χ2n) is 7.42. The highest BCUT2D eigenvalue weighted by Crippen LogP contribution is 2.23. The van der Waals surface area contributed by atoms with Gasteiger partial charge in [0.1, 0.15) is 5.82 Å². The van der Waals surface area contributed by atoms with Crippen molar-refractivity contribution >= 4 is 23.3 Å². The summed E-state index contributed by atoms with van der Waals surface area (Å²) < 4.78 is 7.50. The Bertz CT molecular complexity index is 1040. The van der Waals surface area contributed by atoms with Crippen LogP contribution in [-0.2, 0) is 11.3 Å². The molecule has 0 spiro atoms. The molecule has 0 atom stereocenters. The Morgan fingerprint density at radius 3 is 2.57 bits per heavy atom. The van der Waals surface area contributed by atoms with Crippen LogP contribution in [0.2, 0.25) is 5.02 Å². The average Bonchev–Trinajstić information content (AvgIpc) is 3.11. The van der Waals surface area contributed by atoms with E-state index in [0.29, 0.717) is 30.3 Å². The van der Waals surface area contributed by atoms with E-state index < -0.39 is 0 Å². The number of aryl methyl sites for hydroxylation is 2. The van der Waals surface area contributed by atoms with Gasteiger partial charge >= 0.3 is 0 Å². The average molecular weight is 425 g/mol. The van der Waals surface area contributed by atoms with Gasteiger partial charge in [-0.15, -0.1) is 0 Å². The Morgan fingerprint density at radius 2 is 1.83 bits per heavy atom. The molecule has 0 bridgehead atoms. The molecular formula is C23H25ClN4O2. The van der Waals surface area contributed by atoms with Crippen LogP contribution in [0.15, 0.2) is 48.7 Å². The molecule has 0 saturated carbocycles. The van der Waals surface area contributed by atoms with Gasteiger partial charge in [0, 0.05) is 42.9 Å². The zero-order chi connectivity index (χ0) is 21.1. The Hall–Kier alpha value is -2.83. The molecule has 1 aliphatic rings. The number of rotatable bonds is 5. The smallest absolute Gasteiger partial charge is 0.253 e. The van der Waals surface area contributed by atoms with Crippen LogP contribution in [0, 0.1) is 13.8 Å². The minimum absolute atomic E-state index is 0.200. The minimum Gasteiger partial charge on any atom is -0.378 e. The molecule has 0 unspecified atom stereocenters. The fraction of sp³-hybridized carbons (Fsp3) is 0.304. The first-order valence-corrected chi connectivity index (χ1v) is 10.4. The van der Waals surface area contributed by atoms with Crippen molar-refractivity contribution in [2.24, 2.45) is 0 Å². The third kappa shape index (κ3) is 4.35. The molecule has 1 amide bonds. The minimum atomic E-state index is -0.200. The second kappa shape index (κ2) is 8.90. The molecule has 3 heterocycles. The van der Waals surface area contributed by atoms with E-state index in [1.165, 1.54) is 0 Å². The molecule has 0 aliphatic carbocycles. The number of pyridine rings is 1. The summed E-state index contributed by atoms with van der Waals surface area (Å²) in [6.45, 7) is 7.54. The molecule has 1 fully saturated rings. The maximum Gasteiger partial charge on any atom is 0.253 e. The summed E-state index contributed by atoms with van der Waals surface area (Å²) in [5.74, 6) is 0.706. The monoisotopic (exact) mass is 424 g/mol. The Labute approximate surface area is 181 Å². The van der Waals surface area contributed by atoms with Gasteiger partial charge in [0.05, 0.1) is 23.8 Å². The molecular weight excluding hydrogens is 400 g/mol. The van der Waals surface area contributed by atoms with Crippen LogP contribution in [0.5, 0.6) is 0 Å².